The smallest absolute Gasteiger partial charge is 0.254 e. The average Bonchev–Trinajstić information content (AvgIpc) is 3.60. The Bertz CT molecular complexity index is 1540. The molecule has 2 aromatic carbocycles. The Morgan fingerprint density at radius 1 is 0.957 bits per heavy atom. The van der Waals surface area contributed by atoms with E-state index in [1.54, 1.807) is 44.3 Å². The molecule has 0 spiro atoms. The van der Waals surface area contributed by atoms with Crippen LogP contribution in [0.4, 0.5) is 0 Å². The van der Waals surface area contributed by atoms with E-state index in [1.807, 2.05) is 36.4 Å². The summed E-state index contributed by atoms with van der Waals surface area (Å²) in [6.45, 7) is 3.35. The molecule has 0 saturated carbocycles. The number of carbonyl (C=O) groups is 5. The van der Waals surface area contributed by atoms with Gasteiger partial charge in [0, 0.05) is 38.3 Å². The number of carbonyl (C=O) groups excluding carboxylic acids is 5. The number of H-pyrrole nitrogens is 1. The van der Waals surface area contributed by atoms with Gasteiger partial charge >= 0.3 is 0 Å². The van der Waals surface area contributed by atoms with Crippen LogP contribution < -0.4 is 16.0 Å². The average molecular weight is 630 g/mol. The van der Waals surface area contributed by atoms with Gasteiger partial charge in [-0.3, -0.25) is 29.1 Å². The van der Waals surface area contributed by atoms with Gasteiger partial charge in [0.15, 0.2) is 6.10 Å². The van der Waals surface area contributed by atoms with Crippen molar-refractivity contribution in [3.05, 3.63) is 78.0 Å². The summed E-state index contributed by atoms with van der Waals surface area (Å²) in [5, 5.41) is 15.2. The number of likely N-dealkylation sites (N-methyl/N-ethyl adjacent to an activating group) is 1. The Morgan fingerprint density at radius 2 is 1.70 bits per heavy atom. The molecule has 0 unspecified atom stereocenters. The summed E-state index contributed by atoms with van der Waals surface area (Å²) < 4.78 is 6.14. The molecule has 4 atom stereocenters. The predicted molar refractivity (Wildman–Crippen MR) is 168 cm³/mol. The molecule has 0 radical (unpaired) electrons. The second kappa shape index (κ2) is 14.4. The minimum atomic E-state index is -1.12. The predicted octanol–water partition coefficient (Wildman–Crippen LogP) is 0.743. The molecule has 2 saturated heterocycles. The van der Waals surface area contributed by atoms with E-state index in [9.17, 15) is 24.0 Å². The largest absolute Gasteiger partial charge is 0.360 e. The molecule has 3 aromatic rings. The summed E-state index contributed by atoms with van der Waals surface area (Å²) in [6.07, 6.45) is -0.0373. The third-order valence-corrected chi connectivity index (χ3v) is 8.11. The van der Waals surface area contributed by atoms with Crippen molar-refractivity contribution >= 4 is 29.5 Å². The molecule has 5 amide bonds. The van der Waals surface area contributed by atoms with Crippen molar-refractivity contribution in [2.24, 2.45) is 5.92 Å². The van der Waals surface area contributed by atoms with Gasteiger partial charge in [0.1, 0.15) is 12.1 Å². The highest BCUT2D eigenvalue weighted by Crippen LogP contribution is 2.20. The van der Waals surface area contributed by atoms with Crippen LogP contribution in [0.2, 0.25) is 0 Å². The first-order valence-electron chi connectivity index (χ1n) is 15.3. The summed E-state index contributed by atoms with van der Waals surface area (Å²) in [5.74, 6) is -2.56. The lowest BCUT2D eigenvalue weighted by Crippen LogP contribution is -2.59. The molecule has 2 fully saturated rings. The quantitative estimate of drug-likeness (QED) is 0.323. The lowest BCUT2D eigenvalue weighted by molar-refractivity contribution is -0.148. The van der Waals surface area contributed by atoms with Crippen LogP contribution in [0.3, 0.4) is 0 Å². The van der Waals surface area contributed by atoms with Crippen LogP contribution >= 0.6 is 0 Å². The second-order valence-corrected chi connectivity index (χ2v) is 12.0. The van der Waals surface area contributed by atoms with Crippen molar-refractivity contribution in [3.8, 4) is 11.3 Å². The topological polar surface area (TPSA) is 166 Å². The number of fused-ring (bicyclic) bond motifs is 2. The summed E-state index contributed by atoms with van der Waals surface area (Å²) >= 11 is 0. The third-order valence-electron chi connectivity index (χ3n) is 8.11. The van der Waals surface area contributed by atoms with E-state index < -0.39 is 47.9 Å². The molecular weight excluding hydrogens is 590 g/mol. The Kier molecular flexibility index (Phi) is 10.1. The van der Waals surface area contributed by atoms with Gasteiger partial charge in [-0.2, -0.15) is 5.10 Å². The number of rotatable bonds is 5. The van der Waals surface area contributed by atoms with Crippen LogP contribution in [0.5, 0.6) is 0 Å². The summed E-state index contributed by atoms with van der Waals surface area (Å²) in [4.78, 5) is 70.0. The van der Waals surface area contributed by atoms with E-state index in [-0.39, 0.29) is 44.4 Å². The van der Waals surface area contributed by atoms with Gasteiger partial charge in [-0.15, -0.1) is 0 Å². The van der Waals surface area contributed by atoms with E-state index in [4.69, 9.17) is 4.74 Å². The fraction of sp³-hybridized carbons (Fsp3) is 0.394. The van der Waals surface area contributed by atoms with Gasteiger partial charge in [-0.25, -0.2) is 0 Å². The van der Waals surface area contributed by atoms with Gasteiger partial charge in [0.05, 0.1) is 24.9 Å². The zero-order valence-corrected chi connectivity index (χ0v) is 26.1. The van der Waals surface area contributed by atoms with Crippen LogP contribution in [0.25, 0.3) is 11.3 Å². The number of aromatic nitrogens is 2. The molecular formula is C33H39N7O6. The Morgan fingerprint density at radius 3 is 2.37 bits per heavy atom. The number of nitrogens with zero attached hydrogens (tertiary/aromatic N) is 3. The van der Waals surface area contributed by atoms with Crippen molar-refractivity contribution in [3.63, 3.8) is 0 Å². The lowest BCUT2D eigenvalue weighted by Gasteiger charge is -2.38. The highest BCUT2D eigenvalue weighted by atomic mass is 16.5. The maximum atomic E-state index is 13.7. The molecule has 0 aliphatic carbocycles. The molecule has 2 aliphatic rings. The second-order valence-electron chi connectivity index (χ2n) is 12.0. The minimum absolute atomic E-state index is 0.00345. The maximum Gasteiger partial charge on any atom is 0.254 e. The highest BCUT2D eigenvalue weighted by molar-refractivity contribution is 5.96. The third kappa shape index (κ3) is 7.78. The number of aromatic amines is 1. The van der Waals surface area contributed by atoms with E-state index in [1.165, 1.54) is 16.8 Å². The van der Waals surface area contributed by atoms with Gasteiger partial charge < -0.3 is 30.5 Å². The van der Waals surface area contributed by atoms with Crippen LogP contribution in [0.1, 0.15) is 29.8 Å². The zero-order valence-electron chi connectivity index (χ0n) is 26.1. The molecule has 3 heterocycles. The number of hydrogen-bond donors (Lipinski definition) is 4. The Hall–Kier alpha value is -5.04. The fourth-order valence-electron chi connectivity index (χ4n) is 5.61. The molecule has 1 aromatic heterocycles. The summed E-state index contributed by atoms with van der Waals surface area (Å²) in [7, 11) is 1.47. The van der Waals surface area contributed by atoms with Gasteiger partial charge in [-0.1, -0.05) is 56.3 Å². The van der Waals surface area contributed by atoms with E-state index in [0.717, 1.165) is 16.8 Å². The van der Waals surface area contributed by atoms with Gasteiger partial charge in [0.25, 0.3) is 11.8 Å². The molecule has 13 nitrogen and oxygen atoms in total. The van der Waals surface area contributed by atoms with E-state index >= 15 is 0 Å². The number of hydrogen-bond acceptors (Lipinski definition) is 7. The first-order valence-corrected chi connectivity index (χ1v) is 15.3. The van der Waals surface area contributed by atoms with Gasteiger partial charge in [0.2, 0.25) is 17.7 Å². The minimum Gasteiger partial charge on any atom is -0.360 e. The Balaban J connectivity index is 1.42. The summed E-state index contributed by atoms with van der Waals surface area (Å²) in [6, 6.07) is 16.2. The molecule has 5 rings (SSSR count). The number of ether oxygens (including phenoxy) is 1. The number of amides is 5. The fourth-order valence-corrected chi connectivity index (χ4v) is 5.61. The molecule has 2 aliphatic heterocycles. The molecule has 46 heavy (non-hydrogen) atoms. The van der Waals surface area contributed by atoms with Crippen molar-refractivity contribution in [1.29, 1.82) is 0 Å². The van der Waals surface area contributed by atoms with Gasteiger partial charge in [-0.05, 0) is 35.2 Å². The van der Waals surface area contributed by atoms with Crippen molar-refractivity contribution < 1.29 is 28.7 Å². The van der Waals surface area contributed by atoms with Crippen LogP contribution in [0, 0.1) is 5.92 Å². The number of morpholine rings is 1. The first-order chi connectivity index (χ1) is 22.1. The van der Waals surface area contributed by atoms with Crippen LogP contribution in [-0.4, -0.2) is 107 Å². The lowest BCUT2D eigenvalue weighted by atomic mass is 10.0. The monoisotopic (exact) mass is 629 g/mol. The van der Waals surface area contributed by atoms with Crippen LogP contribution in [-0.2, 0) is 30.3 Å². The maximum absolute atomic E-state index is 13.7. The molecule has 2 bridgehead atoms. The SMILES string of the molecule is CC(C)[C@@H]1NC(=O)CN(C)C(=O)[C@@H](Cc2ccccc2)NC(=O)[C@H]2CN(C(=O)c3ccc(-c4ccn[nH]4)cc3)C[C@H](CNC1=O)O2. The normalized spacial score (nSPS) is 23.2. The standard InChI is InChI=1S/C33H39N7O6/c1-20(2)29-31(43)34-16-24-17-40(32(44)23-11-9-22(10-12-23)25-13-14-35-38-25)18-27(46-24)30(42)36-26(15-21-7-5-4-6-8-21)33(45)39(3)19-28(41)37-29/h4-14,20,24,26-27,29H,15-19H2,1-3H3,(H,34,43)(H,35,38)(H,36,42)(H,37,41)/t24-,26+,27+,29-/m0/s1. The van der Waals surface area contributed by atoms with Crippen LogP contribution in [0.15, 0.2) is 66.9 Å². The van der Waals surface area contributed by atoms with E-state index in [2.05, 4.69) is 26.1 Å². The molecule has 13 heteroatoms. The molecule has 4 N–H and O–H groups in total. The van der Waals surface area contributed by atoms with Crippen molar-refractivity contribution in [2.45, 2.75) is 44.6 Å². The Labute approximate surface area is 267 Å². The molecule has 242 valence electrons. The van der Waals surface area contributed by atoms with Crippen molar-refractivity contribution in [1.82, 2.24) is 35.9 Å². The number of benzene rings is 2. The zero-order chi connectivity index (χ0) is 32.8. The number of nitrogens with one attached hydrogen (secondary N) is 4. The van der Waals surface area contributed by atoms with Crippen molar-refractivity contribution in [2.75, 3.05) is 33.2 Å². The van der Waals surface area contributed by atoms with E-state index in [0.29, 0.717) is 5.56 Å². The first kappa shape index (κ1) is 32.4. The highest BCUT2D eigenvalue weighted by Gasteiger charge is 2.38. The summed E-state index contributed by atoms with van der Waals surface area (Å²) in [5.41, 5.74) is 2.89.